The summed E-state index contributed by atoms with van der Waals surface area (Å²) in [5, 5.41) is 3.15. The van der Waals surface area contributed by atoms with Crippen molar-refractivity contribution in [3.63, 3.8) is 0 Å². The topological polar surface area (TPSA) is 6.48 Å². The molecule has 2 nitrogen and oxygen atoms in total. The van der Waals surface area contributed by atoms with E-state index in [1.54, 1.807) is 0 Å². The largest absolute Gasteiger partial charge is 0.310 e. The molecular weight excluding hydrogens is 693 g/mol. The summed E-state index contributed by atoms with van der Waals surface area (Å²) in [6.07, 6.45) is 11.7. The summed E-state index contributed by atoms with van der Waals surface area (Å²) in [6.45, 7) is 0. The number of allylic oxidation sites excluding steroid dienone is 2. The van der Waals surface area contributed by atoms with Gasteiger partial charge in [0.1, 0.15) is 0 Å². The lowest BCUT2D eigenvalue weighted by atomic mass is 9.85. The molecule has 0 amide bonds. The predicted octanol–water partition coefficient (Wildman–Crippen LogP) is 13.5. The van der Waals surface area contributed by atoms with Gasteiger partial charge in [-0.25, -0.2) is 0 Å². The molecule has 12 rings (SSSR count). The van der Waals surface area contributed by atoms with Gasteiger partial charge in [0.15, 0.2) is 0 Å². The summed E-state index contributed by atoms with van der Waals surface area (Å²) in [5.74, 6) is 0.340. The minimum absolute atomic E-state index is 0.336. The minimum atomic E-state index is 0.336. The predicted molar refractivity (Wildman–Crippen MR) is 228 cm³/mol. The lowest BCUT2D eigenvalue weighted by Crippen LogP contribution is -2.21. The van der Waals surface area contributed by atoms with E-state index in [2.05, 4.69) is 168 Å². The molecular formula is C50H36N2S2. The summed E-state index contributed by atoms with van der Waals surface area (Å²) in [7, 11) is 0. The van der Waals surface area contributed by atoms with E-state index in [1.165, 1.54) is 98.5 Å². The Bertz CT molecular complexity index is 2680. The number of nitrogens with zero attached hydrogens (tertiary/aromatic N) is 2. The van der Waals surface area contributed by atoms with E-state index in [4.69, 9.17) is 0 Å². The van der Waals surface area contributed by atoms with Gasteiger partial charge in [-0.2, -0.15) is 0 Å². The monoisotopic (exact) mass is 728 g/mol. The first-order valence-corrected chi connectivity index (χ1v) is 20.9. The van der Waals surface area contributed by atoms with Gasteiger partial charge in [0, 0.05) is 65.4 Å². The van der Waals surface area contributed by atoms with Gasteiger partial charge in [0.25, 0.3) is 0 Å². The maximum atomic E-state index is 2.55. The van der Waals surface area contributed by atoms with Gasteiger partial charge < -0.3 is 9.80 Å². The third-order valence-electron chi connectivity index (χ3n) is 12.1. The van der Waals surface area contributed by atoms with Crippen LogP contribution in [0.15, 0.2) is 178 Å². The van der Waals surface area contributed by atoms with Gasteiger partial charge in [0.05, 0.1) is 0 Å². The van der Waals surface area contributed by atoms with E-state index in [9.17, 15) is 0 Å². The molecule has 4 heterocycles. The second kappa shape index (κ2) is 12.0. The van der Waals surface area contributed by atoms with Crippen LogP contribution in [0.3, 0.4) is 0 Å². The van der Waals surface area contributed by atoms with Crippen LogP contribution >= 0.6 is 23.5 Å². The Balaban J connectivity index is 0.959. The van der Waals surface area contributed by atoms with Gasteiger partial charge in [0.2, 0.25) is 0 Å². The third kappa shape index (κ3) is 4.63. The molecule has 0 saturated carbocycles. The summed E-state index contributed by atoms with van der Waals surface area (Å²) in [6, 6.07) is 52.6. The van der Waals surface area contributed by atoms with E-state index in [0.717, 1.165) is 25.7 Å². The second-order valence-electron chi connectivity index (χ2n) is 15.0. The van der Waals surface area contributed by atoms with Crippen LogP contribution in [0.2, 0.25) is 0 Å². The van der Waals surface area contributed by atoms with Crippen molar-refractivity contribution in [3.8, 4) is 11.1 Å². The van der Waals surface area contributed by atoms with Gasteiger partial charge >= 0.3 is 0 Å². The second-order valence-corrected chi connectivity index (χ2v) is 17.3. The maximum absolute atomic E-state index is 2.55. The molecule has 54 heavy (non-hydrogen) atoms. The molecule has 1 aliphatic carbocycles. The van der Waals surface area contributed by atoms with Crippen LogP contribution in [0.25, 0.3) is 21.9 Å². The first kappa shape index (κ1) is 31.0. The molecule has 258 valence electrons. The quantitative estimate of drug-likeness (QED) is 0.175. The molecule has 0 bridgehead atoms. The van der Waals surface area contributed by atoms with Gasteiger partial charge in [-0.05, 0) is 131 Å². The van der Waals surface area contributed by atoms with E-state index >= 15 is 0 Å². The fourth-order valence-electron chi connectivity index (χ4n) is 9.68. The highest BCUT2D eigenvalue weighted by atomic mass is 32.2. The van der Waals surface area contributed by atoms with Crippen molar-refractivity contribution in [1.82, 2.24) is 0 Å². The van der Waals surface area contributed by atoms with Crippen molar-refractivity contribution in [2.75, 3.05) is 9.80 Å². The number of thioether (sulfide) groups is 1. The Labute approximate surface area is 324 Å². The lowest BCUT2D eigenvalue weighted by Gasteiger charge is -2.31. The molecule has 7 aromatic rings. The molecule has 0 N–H and O–H groups in total. The van der Waals surface area contributed by atoms with Crippen LogP contribution in [0.4, 0.5) is 28.4 Å². The maximum Gasteiger partial charge on any atom is 0.0493 e. The molecule has 2 unspecified atom stereocenters. The molecule has 2 atom stereocenters. The number of aryl methyl sites for hydroxylation is 4. The van der Waals surface area contributed by atoms with E-state index < -0.39 is 0 Å². The highest BCUT2D eigenvalue weighted by Crippen LogP contribution is 2.58. The molecule has 5 aliphatic rings. The molecule has 0 spiro atoms. The molecule has 4 heteroatoms. The zero-order chi connectivity index (χ0) is 35.3. The Morgan fingerprint density at radius 2 is 1.09 bits per heavy atom. The number of para-hydroxylation sites is 4. The van der Waals surface area contributed by atoms with Crippen LogP contribution in [0.1, 0.15) is 33.7 Å². The van der Waals surface area contributed by atoms with Crippen LogP contribution in [-0.2, 0) is 25.7 Å². The van der Waals surface area contributed by atoms with Crippen LogP contribution in [-0.4, -0.2) is 5.25 Å². The third-order valence-corrected chi connectivity index (χ3v) is 14.5. The molecule has 4 aliphatic heterocycles. The van der Waals surface area contributed by atoms with Crippen molar-refractivity contribution in [2.24, 2.45) is 0 Å². The van der Waals surface area contributed by atoms with Gasteiger partial charge in [-0.15, -0.1) is 11.8 Å². The summed E-state index contributed by atoms with van der Waals surface area (Å²) in [4.78, 5) is 9.12. The van der Waals surface area contributed by atoms with Crippen LogP contribution < -0.4 is 9.80 Å². The first-order valence-electron chi connectivity index (χ1n) is 19.2. The highest BCUT2D eigenvalue weighted by molar-refractivity contribution is 8.00. The minimum Gasteiger partial charge on any atom is -0.310 e. The fraction of sp³-hybridized carbons (Fsp3) is 0.120. The van der Waals surface area contributed by atoms with Crippen molar-refractivity contribution < 1.29 is 0 Å². The van der Waals surface area contributed by atoms with Crippen molar-refractivity contribution >= 4 is 62.7 Å². The number of anilines is 5. The summed E-state index contributed by atoms with van der Waals surface area (Å²) < 4.78 is 0. The summed E-state index contributed by atoms with van der Waals surface area (Å²) >= 11 is 3.98. The molecule has 0 fully saturated rings. The van der Waals surface area contributed by atoms with E-state index in [1.807, 2.05) is 23.5 Å². The van der Waals surface area contributed by atoms with E-state index in [0.29, 0.717) is 11.2 Å². The van der Waals surface area contributed by atoms with E-state index in [-0.39, 0.29) is 0 Å². The number of rotatable bonds is 2. The zero-order valence-electron chi connectivity index (χ0n) is 29.7. The summed E-state index contributed by atoms with van der Waals surface area (Å²) in [5.41, 5.74) is 17.5. The van der Waals surface area contributed by atoms with Crippen molar-refractivity contribution in [3.05, 3.63) is 191 Å². The van der Waals surface area contributed by atoms with Gasteiger partial charge in [-0.3, -0.25) is 0 Å². The van der Waals surface area contributed by atoms with Crippen LogP contribution in [0.5, 0.6) is 0 Å². The average Bonchev–Trinajstić information content (AvgIpc) is 3.38. The Hall–Kier alpha value is -5.42. The molecule has 0 radical (unpaired) electrons. The fourth-order valence-corrected chi connectivity index (χ4v) is 12.3. The zero-order valence-corrected chi connectivity index (χ0v) is 31.3. The lowest BCUT2D eigenvalue weighted by molar-refractivity contribution is 0.874. The Morgan fingerprint density at radius 3 is 1.72 bits per heavy atom. The smallest absolute Gasteiger partial charge is 0.0493 e. The number of hydrogen-bond acceptors (Lipinski definition) is 4. The normalized spacial score (nSPS) is 18.6. The van der Waals surface area contributed by atoms with Crippen molar-refractivity contribution in [2.45, 2.75) is 51.5 Å². The Morgan fingerprint density at radius 1 is 0.500 bits per heavy atom. The highest BCUT2D eigenvalue weighted by Gasteiger charge is 2.37. The number of benzene rings is 7. The average molecular weight is 729 g/mol. The molecule has 0 saturated heterocycles. The van der Waals surface area contributed by atoms with Crippen LogP contribution in [0, 0.1) is 0 Å². The van der Waals surface area contributed by atoms with Crippen molar-refractivity contribution in [1.29, 1.82) is 0 Å². The van der Waals surface area contributed by atoms with Gasteiger partial charge in [-0.1, -0.05) is 109 Å². The SMILES string of the molecule is C1=CC2c3c(cc4c5c(cccc35)Sc3cc(N5c6ccccc6CCc6ccccc65)ccc3-4)SC2C=C1N1c2ccccc2CCc2ccccc21. The Kier molecular flexibility index (Phi) is 6.91. The first-order chi connectivity index (χ1) is 26.8. The molecule has 7 aromatic carbocycles. The standard InChI is InChI=1S/C50H36N2S2/c1-5-15-41-31(10-1)20-21-32-11-2-6-16-42(32)51(41)35-24-26-37-40-30-48-49(39-14-9-19-45(50(39)40)53-46(37)28-35)38-27-25-36(29-47(38)54-48)52-43-17-7-3-12-33(43)22-23-34-13-4-8-18-44(34)52/h1-19,24-30,38,47H,20-23H2. The number of hydrogen-bond donors (Lipinski definition) is 0. The molecule has 0 aromatic heterocycles. The number of fused-ring (bicyclic) bond motifs is 10.